The third-order valence-corrected chi connectivity index (χ3v) is 3.46. The molecule has 0 spiro atoms. The Balaban J connectivity index is 2.39. The molecule has 1 aromatic heterocycles. The third-order valence-electron chi connectivity index (χ3n) is 3.46. The SMILES string of the molecule is CCc1nc(-c2ccc(C)c(C)c2)oc1CC(C)C. The molecule has 0 N–H and O–H groups in total. The van der Waals surface area contributed by atoms with Crippen molar-refractivity contribution < 1.29 is 4.42 Å². The Morgan fingerprint density at radius 2 is 1.89 bits per heavy atom. The first-order valence-electron chi connectivity index (χ1n) is 7.07. The van der Waals surface area contributed by atoms with E-state index >= 15 is 0 Å². The molecular weight excluding hydrogens is 234 g/mol. The minimum absolute atomic E-state index is 0.589. The van der Waals surface area contributed by atoms with E-state index in [1.165, 1.54) is 11.1 Å². The molecule has 2 rings (SSSR count). The second kappa shape index (κ2) is 5.60. The lowest BCUT2D eigenvalue weighted by Crippen LogP contribution is -1.96. The Kier molecular flexibility index (Phi) is 4.08. The van der Waals surface area contributed by atoms with Gasteiger partial charge in [-0.1, -0.05) is 26.8 Å². The van der Waals surface area contributed by atoms with Crippen molar-refractivity contribution in [3.8, 4) is 11.5 Å². The lowest BCUT2D eigenvalue weighted by atomic mass is 10.1. The van der Waals surface area contributed by atoms with Gasteiger partial charge in [0.2, 0.25) is 5.89 Å². The number of rotatable bonds is 4. The monoisotopic (exact) mass is 257 g/mol. The molecule has 2 aromatic rings. The highest BCUT2D eigenvalue weighted by molar-refractivity contribution is 5.56. The van der Waals surface area contributed by atoms with Gasteiger partial charge in [-0.2, -0.15) is 0 Å². The fourth-order valence-corrected chi connectivity index (χ4v) is 2.19. The molecule has 1 heterocycles. The fourth-order valence-electron chi connectivity index (χ4n) is 2.19. The first-order valence-corrected chi connectivity index (χ1v) is 7.07. The van der Waals surface area contributed by atoms with E-state index < -0.39 is 0 Å². The highest BCUT2D eigenvalue weighted by Gasteiger charge is 2.14. The predicted octanol–water partition coefficient (Wildman–Crippen LogP) is 4.72. The molecule has 102 valence electrons. The first-order chi connectivity index (χ1) is 9.01. The van der Waals surface area contributed by atoms with Gasteiger partial charge in [-0.15, -0.1) is 0 Å². The van der Waals surface area contributed by atoms with Crippen LogP contribution in [0.4, 0.5) is 0 Å². The van der Waals surface area contributed by atoms with Crippen LogP contribution in [0.15, 0.2) is 22.6 Å². The van der Waals surface area contributed by atoms with Crippen LogP contribution >= 0.6 is 0 Å². The predicted molar refractivity (Wildman–Crippen MR) is 79.3 cm³/mol. The van der Waals surface area contributed by atoms with Crippen molar-refractivity contribution in [2.45, 2.75) is 47.5 Å². The summed E-state index contributed by atoms with van der Waals surface area (Å²) in [6.07, 6.45) is 1.89. The molecule has 0 aliphatic rings. The van der Waals surface area contributed by atoms with Gasteiger partial charge in [-0.3, -0.25) is 0 Å². The van der Waals surface area contributed by atoms with E-state index in [-0.39, 0.29) is 0 Å². The third kappa shape index (κ3) is 3.06. The maximum atomic E-state index is 5.99. The minimum Gasteiger partial charge on any atom is -0.441 e. The van der Waals surface area contributed by atoms with E-state index in [1.54, 1.807) is 0 Å². The molecule has 0 unspecified atom stereocenters. The summed E-state index contributed by atoms with van der Waals surface area (Å²) in [5, 5.41) is 0. The molecule has 0 aliphatic carbocycles. The summed E-state index contributed by atoms with van der Waals surface area (Å²) in [6.45, 7) is 10.8. The van der Waals surface area contributed by atoms with Crippen LogP contribution in [0.25, 0.3) is 11.5 Å². The van der Waals surface area contributed by atoms with Crippen molar-refractivity contribution in [1.82, 2.24) is 4.98 Å². The number of benzene rings is 1. The summed E-state index contributed by atoms with van der Waals surface area (Å²) < 4.78 is 5.99. The van der Waals surface area contributed by atoms with Crippen LogP contribution in [-0.2, 0) is 12.8 Å². The zero-order valence-corrected chi connectivity index (χ0v) is 12.6. The molecule has 19 heavy (non-hydrogen) atoms. The molecule has 0 amide bonds. The standard InChI is InChI=1S/C17H23NO/c1-6-15-16(9-11(2)3)19-17(18-15)14-8-7-12(4)13(5)10-14/h7-8,10-11H,6,9H2,1-5H3. The van der Waals surface area contributed by atoms with Crippen LogP contribution in [0, 0.1) is 19.8 Å². The molecular formula is C17H23NO. The van der Waals surface area contributed by atoms with E-state index in [0.29, 0.717) is 5.92 Å². The lowest BCUT2D eigenvalue weighted by Gasteiger charge is -2.02. The van der Waals surface area contributed by atoms with Gasteiger partial charge in [0.05, 0.1) is 5.69 Å². The zero-order valence-electron chi connectivity index (χ0n) is 12.6. The minimum atomic E-state index is 0.589. The number of oxazole rings is 1. The average Bonchev–Trinajstić information content (AvgIpc) is 2.75. The molecule has 0 radical (unpaired) electrons. The van der Waals surface area contributed by atoms with Gasteiger partial charge in [0.15, 0.2) is 0 Å². The summed E-state index contributed by atoms with van der Waals surface area (Å²) in [5.74, 6) is 2.40. The Labute approximate surface area is 115 Å². The van der Waals surface area contributed by atoms with Crippen molar-refractivity contribution in [3.63, 3.8) is 0 Å². The molecule has 0 atom stereocenters. The molecule has 0 aliphatic heterocycles. The number of aryl methyl sites for hydroxylation is 3. The first kappa shape index (κ1) is 13.9. The van der Waals surface area contributed by atoms with Gasteiger partial charge in [0.1, 0.15) is 5.76 Å². The topological polar surface area (TPSA) is 26.0 Å². The number of hydrogen-bond donors (Lipinski definition) is 0. The average molecular weight is 257 g/mol. The molecule has 2 nitrogen and oxygen atoms in total. The highest BCUT2D eigenvalue weighted by atomic mass is 16.4. The van der Waals surface area contributed by atoms with Gasteiger partial charge < -0.3 is 4.42 Å². The van der Waals surface area contributed by atoms with E-state index in [2.05, 4.69) is 57.8 Å². The summed E-state index contributed by atoms with van der Waals surface area (Å²) in [6, 6.07) is 6.37. The van der Waals surface area contributed by atoms with E-state index in [9.17, 15) is 0 Å². The van der Waals surface area contributed by atoms with Crippen LogP contribution < -0.4 is 0 Å². The fraction of sp³-hybridized carbons (Fsp3) is 0.471. The Bertz CT molecular complexity index is 567. The van der Waals surface area contributed by atoms with E-state index in [4.69, 9.17) is 4.42 Å². The molecule has 0 saturated heterocycles. The Hall–Kier alpha value is -1.57. The molecule has 2 heteroatoms. The molecule has 0 fully saturated rings. The number of aromatic nitrogens is 1. The summed E-state index contributed by atoms with van der Waals surface area (Å²) in [4.78, 5) is 4.66. The lowest BCUT2D eigenvalue weighted by molar-refractivity contribution is 0.476. The van der Waals surface area contributed by atoms with E-state index in [1.807, 2.05) is 0 Å². The van der Waals surface area contributed by atoms with Gasteiger partial charge in [-0.25, -0.2) is 4.98 Å². The van der Waals surface area contributed by atoms with Gasteiger partial charge in [0, 0.05) is 12.0 Å². The summed E-state index contributed by atoms with van der Waals surface area (Å²) >= 11 is 0. The molecule has 1 aromatic carbocycles. The van der Waals surface area contributed by atoms with Gasteiger partial charge in [-0.05, 0) is 49.4 Å². The largest absolute Gasteiger partial charge is 0.441 e. The maximum Gasteiger partial charge on any atom is 0.226 e. The van der Waals surface area contributed by atoms with Crippen LogP contribution in [0.1, 0.15) is 43.4 Å². The van der Waals surface area contributed by atoms with Gasteiger partial charge >= 0.3 is 0 Å². The van der Waals surface area contributed by atoms with Crippen molar-refractivity contribution in [2.75, 3.05) is 0 Å². The highest BCUT2D eigenvalue weighted by Crippen LogP contribution is 2.25. The van der Waals surface area contributed by atoms with Gasteiger partial charge in [0.25, 0.3) is 0 Å². The molecule has 0 saturated carbocycles. The zero-order chi connectivity index (χ0) is 14.0. The van der Waals surface area contributed by atoms with Crippen molar-refractivity contribution in [2.24, 2.45) is 5.92 Å². The smallest absolute Gasteiger partial charge is 0.226 e. The Morgan fingerprint density at radius 3 is 2.47 bits per heavy atom. The van der Waals surface area contributed by atoms with E-state index in [0.717, 1.165) is 35.7 Å². The van der Waals surface area contributed by atoms with Crippen LogP contribution in [-0.4, -0.2) is 4.98 Å². The van der Waals surface area contributed by atoms with Crippen LogP contribution in [0.5, 0.6) is 0 Å². The quantitative estimate of drug-likeness (QED) is 0.792. The van der Waals surface area contributed by atoms with Crippen LogP contribution in [0.3, 0.4) is 0 Å². The van der Waals surface area contributed by atoms with Crippen LogP contribution in [0.2, 0.25) is 0 Å². The normalized spacial score (nSPS) is 11.3. The Morgan fingerprint density at radius 1 is 1.16 bits per heavy atom. The number of nitrogens with zero attached hydrogens (tertiary/aromatic N) is 1. The summed E-state index contributed by atoms with van der Waals surface area (Å²) in [7, 11) is 0. The second-order valence-corrected chi connectivity index (χ2v) is 5.64. The maximum absolute atomic E-state index is 5.99. The number of hydrogen-bond acceptors (Lipinski definition) is 2. The second-order valence-electron chi connectivity index (χ2n) is 5.64. The molecule has 0 bridgehead atoms. The van der Waals surface area contributed by atoms with Crippen molar-refractivity contribution >= 4 is 0 Å². The summed E-state index contributed by atoms with van der Waals surface area (Å²) in [5.41, 5.74) is 4.75. The van der Waals surface area contributed by atoms with Crippen molar-refractivity contribution in [1.29, 1.82) is 0 Å². The van der Waals surface area contributed by atoms with Crippen molar-refractivity contribution in [3.05, 3.63) is 40.8 Å².